The molecule has 2 heterocycles. The molecule has 2 N–H and O–H groups in total. The highest BCUT2D eigenvalue weighted by Crippen LogP contribution is 2.26. The van der Waals surface area contributed by atoms with Crippen LogP contribution in [0.15, 0.2) is 24.3 Å². The maximum Gasteiger partial charge on any atom is 0.225 e. The Morgan fingerprint density at radius 1 is 1.44 bits per heavy atom. The summed E-state index contributed by atoms with van der Waals surface area (Å²) in [6, 6.07) is 8.22. The van der Waals surface area contributed by atoms with Crippen LogP contribution in [0.25, 0.3) is 11.3 Å². The van der Waals surface area contributed by atoms with Crippen molar-refractivity contribution in [3.05, 3.63) is 34.9 Å². The first-order valence-corrected chi connectivity index (χ1v) is 9.26. The standard InChI is InChI=1S/C19H25ClN4O/c1-13-7-8-15(20)11-16(13)17-12-18(23-22-17)21-19(25)6-4-10-24-9-3-5-14(24)2/h7-8,11-12,14H,3-6,9-10H2,1-2H3,(H2,21,22,23,25)/t14-/m1/s1. The van der Waals surface area contributed by atoms with E-state index in [9.17, 15) is 4.79 Å². The zero-order valence-corrected chi connectivity index (χ0v) is 15.6. The van der Waals surface area contributed by atoms with Crippen LogP contribution in [-0.2, 0) is 4.79 Å². The van der Waals surface area contributed by atoms with E-state index in [0.29, 0.717) is 23.3 Å². The summed E-state index contributed by atoms with van der Waals surface area (Å²) in [6.45, 7) is 6.42. The lowest BCUT2D eigenvalue weighted by Crippen LogP contribution is -2.28. The van der Waals surface area contributed by atoms with Gasteiger partial charge in [-0.1, -0.05) is 17.7 Å². The van der Waals surface area contributed by atoms with Crippen LogP contribution in [0.5, 0.6) is 0 Å². The van der Waals surface area contributed by atoms with Crippen molar-refractivity contribution < 1.29 is 4.79 Å². The fraction of sp³-hybridized carbons (Fsp3) is 0.474. The average molecular weight is 361 g/mol. The summed E-state index contributed by atoms with van der Waals surface area (Å²) in [6.07, 6.45) is 3.93. The van der Waals surface area contributed by atoms with Crippen molar-refractivity contribution in [1.82, 2.24) is 15.1 Å². The van der Waals surface area contributed by atoms with Crippen LogP contribution in [0.4, 0.5) is 5.82 Å². The van der Waals surface area contributed by atoms with Gasteiger partial charge in [0.25, 0.3) is 0 Å². The van der Waals surface area contributed by atoms with E-state index in [0.717, 1.165) is 36.3 Å². The number of benzene rings is 1. The average Bonchev–Trinajstić information content (AvgIpc) is 3.19. The third kappa shape index (κ3) is 4.61. The molecule has 1 aliphatic rings. The van der Waals surface area contributed by atoms with Gasteiger partial charge in [-0.25, -0.2) is 0 Å². The summed E-state index contributed by atoms with van der Waals surface area (Å²) < 4.78 is 0. The van der Waals surface area contributed by atoms with Gasteiger partial charge >= 0.3 is 0 Å². The molecule has 1 fully saturated rings. The first-order valence-electron chi connectivity index (χ1n) is 8.89. The van der Waals surface area contributed by atoms with Gasteiger partial charge in [0, 0.05) is 29.1 Å². The van der Waals surface area contributed by atoms with E-state index in [2.05, 4.69) is 27.3 Å². The highest BCUT2D eigenvalue weighted by Gasteiger charge is 2.19. The first kappa shape index (κ1) is 18.0. The van der Waals surface area contributed by atoms with Crippen molar-refractivity contribution in [2.75, 3.05) is 18.4 Å². The van der Waals surface area contributed by atoms with Gasteiger partial charge in [-0.2, -0.15) is 5.10 Å². The van der Waals surface area contributed by atoms with Gasteiger partial charge in [-0.05, 0) is 63.9 Å². The SMILES string of the molecule is Cc1ccc(Cl)cc1-c1cc(NC(=O)CCCN2CCC[C@H]2C)n[nH]1. The summed E-state index contributed by atoms with van der Waals surface area (Å²) in [7, 11) is 0. The number of likely N-dealkylation sites (tertiary alicyclic amines) is 1. The normalized spacial score (nSPS) is 17.8. The molecule has 1 aromatic carbocycles. The quantitative estimate of drug-likeness (QED) is 0.809. The number of aryl methyl sites for hydroxylation is 1. The third-order valence-corrected chi connectivity index (χ3v) is 5.11. The lowest BCUT2D eigenvalue weighted by Gasteiger charge is -2.20. The van der Waals surface area contributed by atoms with Gasteiger partial charge in [0.1, 0.15) is 0 Å². The van der Waals surface area contributed by atoms with Crippen LogP contribution < -0.4 is 5.32 Å². The number of nitrogens with zero attached hydrogens (tertiary/aromatic N) is 2. The molecular formula is C19H25ClN4O. The van der Waals surface area contributed by atoms with Gasteiger partial charge in [0.2, 0.25) is 5.91 Å². The molecule has 5 nitrogen and oxygen atoms in total. The fourth-order valence-electron chi connectivity index (χ4n) is 3.38. The van der Waals surface area contributed by atoms with Crippen molar-refractivity contribution in [1.29, 1.82) is 0 Å². The number of carbonyl (C=O) groups excluding carboxylic acids is 1. The minimum Gasteiger partial charge on any atom is -0.309 e. The van der Waals surface area contributed by atoms with Gasteiger partial charge in [-0.3, -0.25) is 9.89 Å². The zero-order valence-electron chi connectivity index (χ0n) is 14.8. The van der Waals surface area contributed by atoms with Crippen molar-refractivity contribution in [3.8, 4) is 11.3 Å². The van der Waals surface area contributed by atoms with Gasteiger partial charge in [0.15, 0.2) is 5.82 Å². The Balaban J connectivity index is 1.52. The Kier molecular flexibility index (Phi) is 5.76. The van der Waals surface area contributed by atoms with Crippen molar-refractivity contribution in [2.24, 2.45) is 0 Å². The number of aromatic nitrogens is 2. The molecule has 2 aromatic rings. The molecule has 3 rings (SSSR count). The van der Waals surface area contributed by atoms with Gasteiger partial charge < -0.3 is 10.2 Å². The number of amides is 1. The molecule has 0 spiro atoms. The third-order valence-electron chi connectivity index (χ3n) is 4.87. The highest BCUT2D eigenvalue weighted by molar-refractivity contribution is 6.30. The number of anilines is 1. The number of nitrogens with one attached hydrogen (secondary N) is 2. The van der Waals surface area contributed by atoms with E-state index in [1.165, 1.54) is 12.8 Å². The number of halogens is 1. The molecule has 25 heavy (non-hydrogen) atoms. The minimum absolute atomic E-state index is 0.00714. The number of aromatic amines is 1. The van der Waals surface area contributed by atoms with Crippen LogP contribution in [-0.4, -0.2) is 40.1 Å². The van der Waals surface area contributed by atoms with E-state index in [1.807, 2.05) is 31.2 Å². The molecule has 6 heteroatoms. The molecule has 1 saturated heterocycles. The van der Waals surface area contributed by atoms with Crippen LogP contribution in [0, 0.1) is 6.92 Å². The molecule has 1 aliphatic heterocycles. The predicted octanol–water partition coefficient (Wildman–Crippen LogP) is 4.24. The largest absolute Gasteiger partial charge is 0.309 e. The summed E-state index contributed by atoms with van der Waals surface area (Å²) in [4.78, 5) is 14.6. The van der Waals surface area contributed by atoms with Crippen LogP contribution in [0.2, 0.25) is 5.02 Å². The zero-order chi connectivity index (χ0) is 17.8. The minimum atomic E-state index is 0.00714. The maximum atomic E-state index is 12.1. The Morgan fingerprint density at radius 3 is 3.04 bits per heavy atom. The Bertz CT molecular complexity index is 743. The summed E-state index contributed by atoms with van der Waals surface area (Å²) in [5.74, 6) is 0.557. The summed E-state index contributed by atoms with van der Waals surface area (Å²) in [5.41, 5.74) is 2.94. The Labute approximate surface area is 153 Å². The van der Waals surface area contributed by atoms with Gasteiger partial charge in [-0.15, -0.1) is 0 Å². The number of H-pyrrole nitrogens is 1. The molecule has 1 aromatic heterocycles. The molecule has 1 atom stereocenters. The van der Waals surface area contributed by atoms with Gasteiger partial charge in [0.05, 0.1) is 5.69 Å². The van der Waals surface area contributed by atoms with Crippen LogP contribution in [0.1, 0.15) is 38.2 Å². The van der Waals surface area contributed by atoms with E-state index >= 15 is 0 Å². The van der Waals surface area contributed by atoms with Crippen molar-refractivity contribution >= 4 is 23.3 Å². The molecule has 0 unspecified atom stereocenters. The highest BCUT2D eigenvalue weighted by atomic mass is 35.5. The molecule has 0 radical (unpaired) electrons. The van der Waals surface area contributed by atoms with Crippen LogP contribution in [0.3, 0.4) is 0 Å². The number of hydrogen-bond donors (Lipinski definition) is 2. The number of carbonyl (C=O) groups is 1. The predicted molar refractivity (Wildman–Crippen MR) is 102 cm³/mol. The second kappa shape index (κ2) is 8.02. The summed E-state index contributed by atoms with van der Waals surface area (Å²) >= 11 is 6.07. The van der Waals surface area contributed by atoms with E-state index in [-0.39, 0.29) is 5.91 Å². The van der Waals surface area contributed by atoms with E-state index in [1.54, 1.807) is 0 Å². The van der Waals surface area contributed by atoms with Crippen molar-refractivity contribution in [3.63, 3.8) is 0 Å². The Morgan fingerprint density at radius 2 is 2.28 bits per heavy atom. The summed E-state index contributed by atoms with van der Waals surface area (Å²) in [5, 5.41) is 10.7. The lowest BCUT2D eigenvalue weighted by molar-refractivity contribution is -0.116. The molecule has 0 aliphatic carbocycles. The lowest BCUT2D eigenvalue weighted by atomic mass is 10.1. The van der Waals surface area contributed by atoms with Crippen LogP contribution >= 0.6 is 11.6 Å². The second-order valence-electron chi connectivity index (χ2n) is 6.81. The Hall–Kier alpha value is -1.85. The molecular weight excluding hydrogens is 336 g/mol. The fourth-order valence-corrected chi connectivity index (χ4v) is 3.55. The number of rotatable bonds is 6. The topological polar surface area (TPSA) is 61.0 Å². The van der Waals surface area contributed by atoms with E-state index in [4.69, 9.17) is 11.6 Å². The monoisotopic (exact) mass is 360 g/mol. The molecule has 134 valence electrons. The molecule has 0 bridgehead atoms. The smallest absolute Gasteiger partial charge is 0.225 e. The number of hydrogen-bond acceptors (Lipinski definition) is 3. The van der Waals surface area contributed by atoms with Crippen molar-refractivity contribution in [2.45, 2.75) is 45.6 Å². The first-order chi connectivity index (χ1) is 12.0. The molecule has 0 saturated carbocycles. The molecule has 1 amide bonds. The second-order valence-corrected chi connectivity index (χ2v) is 7.24. The maximum absolute atomic E-state index is 12.1. The van der Waals surface area contributed by atoms with E-state index < -0.39 is 0 Å².